The summed E-state index contributed by atoms with van der Waals surface area (Å²) in [5.74, 6) is 0. The molecule has 0 aromatic heterocycles. The number of benzene rings is 3. The van der Waals surface area contributed by atoms with Crippen molar-refractivity contribution in [2.75, 3.05) is 6.61 Å². The predicted octanol–water partition coefficient (Wildman–Crippen LogP) is 3.57. The zero-order valence-corrected chi connectivity index (χ0v) is 15.5. The van der Waals surface area contributed by atoms with Crippen LogP contribution in [0, 0.1) is 0 Å². The van der Waals surface area contributed by atoms with E-state index in [-0.39, 0.29) is 12.0 Å². The lowest BCUT2D eigenvalue weighted by Gasteiger charge is -2.14. The summed E-state index contributed by atoms with van der Waals surface area (Å²) in [5, 5.41) is 2.48. The summed E-state index contributed by atoms with van der Waals surface area (Å²) >= 11 is 0. The summed E-state index contributed by atoms with van der Waals surface area (Å²) < 4.78 is 59.6. The van der Waals surface area contributed by atoms with E-state index in [0.29, 0.717) is 5.39 Å². The molecule has 0 N–H and O–H groups in total. The third-order valence-electron chi connectivity index (χ3n) is 3.79. The molecule has 6 nitrogen and oxygen atoms in total. The van der Waals surface area contributed by atoms with E-state index in [2.05, 4.69) is 10.8 Å². The van der Waals surface area contributed by atoms with Gasteiger partial charge in [0.05, 0.1) is 12.9 Å². The Balaban J connectivity index is 2.49. The second-order valence-corrected chi connectivity index (χ2v) is 8.48. The Morgan fingerprint density at radius 3 is 2.19 bits per heavy atom. The van der Waals surface area contributed by atoms with Crippen molar-refractivity contribution in [2.45, 2.75) is 16.7 Å². The summed E-state index contributed by atoms with van der Waals surface area (Å²) in [6, 6.07) is 13.5. The van der Waals surface area contributed by atoms with Crippen molar-refractivity contribution >= 4 is 41.8 Å². The van der Waals surface area contributed by atoms with E-state index in [4.69, 9.17) is 4.18 Å². The summed E-state index contributed by atoms with van der Waals surface area (Å²) in [6.07, 6.45) is 0.733. The SMILES string of the molecule is C=COS(=O)(=O)c1ccc2cc3ccccc3cc2c1S(=O)(=O)OCC. The molecule has 0 fully saturated rings. The fourth-order valence-corrected chi connectivity index (χ4v) is 5.43. The second kappa shape index (κ2) is 6.71. The Hall–Kier alpha value is -2.42. The van der Waals surface area contributed by atoms with E-state index in [0.717, 1.165) is 17.0 Å². The highest BCUT2D eigenvalue weighted by atomic mass is 32.2. The number of hydrogen-bond donors (Lipinski definition) is 0. The standard InChI is InChI=1S/C18H16O6S2/c1-3-23-25(19,20)17-10-9-15-11-13-7-5-6-8-14(13)12-16(15)18(17)26(21,22)24-4-2/h3,5-12H,1,4H2,2H3. The van der Waals surface area contributed by atoms with E-state index in [1.165, 1.54) is 19.1 Å². The molecule has 0 spiro atoms. The van der Waals surface area contributed by atoms with Crippen LogP contribution in [0.15, 0.2) is 71.2 Å². The van der Waals surface area contributed by atoms with Crippen LogP contribution in [-0.2, 0) is 28.6 Å². The molecule has 3 aromatic carbocycles. The summed E-state index contributed by atoms with van der Waals surface area (Å²) in [4.78, 5) is -0.932. The molecule has 0 aliphatic rings. The fourth-order valence-electron chi connectivity index (χ4n) is 2.78. The van der Waals surface area contributed by atoms with Crippen LogP contribution in [0.25, 0.3) is 21.5 Å². The van der Waals surface area contributed by atoms with Gasteiger partial charge in [-0.05, 0) is 41.3 Å². The second-order valence-electron chi connectivity index (χ2n) is 5.39. The molecule has 0 radical (unpaired) electrons. The Kier molecular flexibility index (Phi) is 4.74. The monoisotopic (exact) mass is 392 g/mol. The number of hydrogen-bond acceptors (Lipinski definition) is 6. The van der Waals surface area contributed by atoms with Crippen molar-refractivity contribution in [3.05, 3.63) is 61.4 Å². The Morgan fingerprint density at radius 2 is 1.58 bits per heavy atom. The molecule has 0 aliphatic carbocycles. The minimum absolute atomic E-state index is 0.131. The van der Waals surface area contributed by atoms with Crippen LogP contribution in [0.3, 0.4) is 0 Å². The summed E-state index contributed by atoms with van der Waals surface area (Å²) in [7, 11) is -8.70. The van der Waals surface area contributed by atoms with Crippen LogP contribution in [0.5, 0.6) is 0 Å². The summed E-state index contributed by atoms with van der Waals surface area (Å²) in [6.45, 7) is 4.60. The van der Waals surface area contributed by atoms with E-state index < -0.39 is 30.0 Å². The molecule has 0 heterocycles. The van der Waals surface area contributed by atoms with Gasteiger partial charge in [0.15, 0.2) is 0 Å². The number of rotatable bonds is 6. The zero-order valence-electron chi connectivity index (χ0n) is 13.9. The average Bonchev–Trinajstić information content (AvgIpc) is 2.58. The normalized spacial score (nSPS) is 12.3. The van der Waals surface area contributed by atoms with E-state index >= 15 is 0 Å². The van der Waals surface area contributed by atoms with Crippen LogP contribution in [0.4, 0.5) is 0 Å². The van der Waals surface area contributed by atoms with Crippen molar-refractivity contribution in [3.63, 3.8) is 0 Å². The van der Waals surface area contributed by atoms with Gasteiger partial charge in [-0.1, -0.05) is 36.9 Å². The molecule has 0 saturated carbocycles. The lowest BCUT2D eigenvalue weighted by molar-refractivity contribution is 0.337. The third-order valence-corrected chi connectivity index (χ3v) is 6.67. The molecule has 26 heavy (non-hydrogen) atoms. The first-order chi connectivity index (χ1) is 12.3. The largest absolute Gasteiger partial charge is 0.388 e. The van der Waals surface area contributed by atoms with Crippen molar-refractivity contribution in [3.8, 4) is 0 Å². The highest BCUT2D eigenvalue weighted by Crippen LogP contribution is 2.34. The van der Waals surface area contributed by atoms with Gasteiger partial charge in [-0.25, -0.2) is 0 Å². The first kappa shape index (κ1) is 18.4. The first-order valence-electron chi connectivity index (χ1n) is 7.69. The van der Waals surface area contributed by atoms with Gasteiger partial charge in [0.1, 0.15) is 9.79 Å². The minimum Gasteiger partial charge on any atom is -0.388 e. The maximum absolute atomic E-state index is 12.7. The van der Waals surface area contributed by atoms with Crippen LogP contribution in [-0.4, -0.2) is 23.4 Å². The van der Waals surface area contributed by atoms with Crippen molar-refractivity contribution in [1.29, 1.82) is 0 Å². The maximum atomic E-state index is 12.7. The van der Waals surface area contributed by atoms with E-state index in [1.807, 2.05) is 24.3 Å². The molecule has 0 aliphatic heterocycles. The van der Waals surface area contributed by atoms with E-state index in [9.17, 15) is 16.8 Å². The van der Waals surface area contributed by atoms with Gasteiger partial charge >= 0.3 is 10.1 Å². The van der Waals surface area contributed by atoms with Gasteiger partial charge in [0, 0.05) is 5.39 Å². The van der Waals surface area contributed by atoms with Gasteiger partial charge in [-0.3, -0.25) is 4.18 Å². The molecule has 0 bridgehead atoms. The van der Waals surface area contributed by atoms with Crippen LogP contribution in [0.2, 0.25) is 0 Å². The Morgan fingerprint density at radius 1 is 0.923 bits per heavy atom. The molecule has 0 saturated heterocycles. The lowest BCUT2D eigenvalue weighted by atomic mass is 10.0. The first-order valence-corrected chi connectivity index (χ1v) is 10.5. The molecule has 136 valence electrons. The molecule has 3 aromatic rings. The molecule has 0 amide bonds. The predicted molar refractivity (Wildman–Crippen MR) is 98.7 cm³/mol. The molecule has 0 atom stereocenters. The van der Waals surface area contributed by atoms with Crippen molar-refractivity contribution in [1.82, 2.24) is 0 Å². The zero-order chi connectivity index (χ0) is 18.9. The quantitative estimate of drug-likeness (QED) is 0.362. The molecule has 8 heteroatoms. The lowest BCUT2D eigenvalue weighted by Crippen LogP contribution is -2.13. The highest BCUT2D eigenvalue weighted by Gasteiger charge is 2.30. The Labute approximate surface area is 151 Å². The molecule has 3 rings (SSSR count). The molecular formula is C18H16O6S2. The number of fused-ring (bicyclic) bond motifs is 2. The van der Waals surface area contributed by atoms with Crippen molar-refractivity contribution < 1.29 is 25.2 Å². The molecule has 0 unspecified atom stereocenters. The van der Waals surface area contributed by atoms with Gasteiger partial charge in [0.25, 0.3) is 10.1 Å². The van der Waals surface area contributed by atoms with Crippen LogP contribution >= 0.6 is 0 Å². The molecular weight excluding hydrogens is 376 g/mol. The minimum atomic E-state index is -4.36. The van der Waals surface area contributed by atoms with Crippen LogP contribution in [0.1, 0.15) is 6.92 Å². The average molecular weight is 392 g/mol. The van der Waals surface area contributed by atoms with Gasteiger partial charge in [-0.15, -0.1) is 0 Å². The van der Waals surface area contributed by atoms with Gasteiger partial charge in [0.2, 0.25) is 0 Å². The Bertz CT molecular complexity index is 1210. The van der Waals surface area contributed by atoms with Crippen molar-refractivity contribution in [2.24, 2.45) is 0 Å². The van der Waals surface area contributed by atoms with Gasteiger partial charge < -0.3 is 4.18 Å². The van der Waals surface area contributed by atoms with Crippen LogP contribution < -0.4 is 0 Å². The smallest absolute Gasteiger partial charge is 0.340 e. The summed E-state index contributed by atoms with van der Waals surface area (Å²) in [5.41, 5.74) is 0. The topological polar surface area (TPSA) is 86.7 Å². The fraction of sp³-hybridized carbons (Fsp3) is 0.111. The maximum Gasteiger partial charge on any atom is 0.340 e. The highest BCUT2D eigenvalue weighted by molar-refractivity contribution is 7.90. The van der Waals surface area contributed by atoms with Gasteiger partial charge in [-0.2, -0.15) is 16.8 Å². The van der Waals surface area contributed by atoms with E-state index in [1.54, 1.807) is 12.1 Å². The third kappa shape index (κ3) is 3.18.